The number of hydrogen-bond acceptors (Lipinski definition) is 6. The van der Waals surface area contributed by atoms with Crippen molar-refractivity contribution in [2.75, 3.05) is 31.5 Å². The van der Waals surface area contributed by atoms with E-state index in [9.17, 15) is 4.79 Å². The van der Waals surface area contributed by atoms with E-state index in [0.717, 1.165) is 70.6 Å². The van der Waals surface area contributed by atoms with E-state index < -0.39 is 0 Å². The Morgan fingerprint density at radius 2 is 1.85 bits per heavy atom. The molecule has 1 saturated heterocycles. The van der Waals surface area contributed by atoms with Crippen LogP contribution in [0, 0.1) is 13.8 Å². The van der Waals surface area contributed by atoms with Crippen LogP contribution < -0.4 is 10.6 Å². The van der Waals surface area contributed by atoms with Crippen molar-refractivity contribution in [3.05, 3.63) is 77.0 Å². The highest BCUT2D eigenvalue weighted by Gasteiger charge is 2.16. The third kappa shape index (κ3) is 4.80. The van der Waals surface area contributed by atoms with E-state index in [1.165, 1.54) is 5.56 Å². The number of thiazole rings is 1. The average Bonchev–Trinajstić information content (AvgIpc) is 3.25. The van der Waals surface area contributed by atoms with E-state index in [4.69, 9.17) is 9.97 Å². The molecule has 1 aliphatic rings. The summed E-state index contributed by atoms with van der Waals surface area (Å²) in [6.07, 6.45) is 0. The van der Waals surface area contributed by atoms with Crippen LogP contribution in [0.2, 0.25) is 0 Å². The van der Waals surface area contributed by atoms with Crippen LogP contribution in [0.15, 0.2) is 54.6 Å². The summed E-state index contributed by atoms with van der Waals surface area (Å²) in [5.41, 5.74) is 6.53. The minimum absolute atomic E-state index is 0.122. The summed E-state index contributed by atoms with van der Waals surface area (Å²) >= 11 is 1.56. The summed E-state index contributed by atoms with van der Waals surface area (Å²) in [4.78, 5) is 26.0. The second kappa shape index (κ2) is 9.39. The first-order valence-electron chi connectivity index (χ1n) is 11.2. The molecule has 0 bridgehead atoms. The number of pyridine rings is 1. The lowest BCUT2D eigenvalue weighted by Gasteiger charge is -2.26. The molecule has 3 heterocycles. The lowest BCUT2D eigenvalue weighted by atomic mass is 10.1. The van der Waals surface area contributed by atoms with Gasteiger partial charge in [-0.3, -0.25) is 9.69 Å². The molecule has 4 aromatic rings. The van der Waals surface area contributed by atoms with Crippen LogP contribution >= 0.6 is 11.3 Å². The van der Waals surface area contributed by atoms with Crippen LogP contribution in [-0.4, -0.2) is 47.0 Å². The minimum Gasteiger partial charge on any atom is -0.321 e. The zero-order chi connectivity index (χ0) is 22.8. The smallest absolute Gasteiger partial charge is 0.255 e. The maximum absolute atomic E-state index is 12.9. The van der Waals surface area contributed by atoms with Crippen molar-refractivity contribution in [2.24, 2.45) is 0 Å². The van der Waals surface area contributed by atoms with Gasteiger partial charge in [-0.25, -0.2) is 9.97 Å². The third-order valence-electron chi connectivity index (χ3n) is 6.08. The van der Waals surface area contributed by atoms with E-state index in [2.05, 4.69) is 27.7 Å². The maximum atomic E-state index is 12.9. The predicted octanol–water partition coefficient (Wildman–Crippen LogP) is 4.63. The minimum atomic E-state index is -0.122. The van der Waals surface area contributed by atoms with Crippen molar-refractivity contribution >= 4 is 33.3 Å². The summed E-state index contributed by atoms with van der Waals surface area (Å²) < 4.78 is 0. The van der Waals surface area contributed by atoms with Crippen molar-refractivity contribution in [3.8, 4) is 10.6 Å². The number of anilines is 1. The molecule has 1 aliphatic heterocycles. The zero-order valence-corrected chi connectivity index (χ0v) is 19.7. The molecule has 5 rings (SSSR count). The molecule has 2 aromatic heterocycles. The van der Waals surface area contributed by atoms with Crippen LogP contribution in [0.25, 0.3) is 20.9 Å². The topological polar surface area (TPSA) is 70.2 Å². The molecule has 2 N–H and O–H groups in total. The molecule has 0 atom stereocenters. The molecule has 0 radical (unpaired) electrons. The van der Waals surface area contributed by atoms with Crippen molar-refractivity contribution in [3.63, 3.8) is 0 Å². The lowest BCUT2D eigenvalue weighted by Crippen LogP contribution is -2.43. The Kier molecular flexibility index (Phi) is 6.17. The summed E-state index contributed by atoms with van der Waals surface area (Å²) in [7, 11) is 0. The largest absolute Gasteiger partial charge is 0.321 e. The predicted molar refractivity (Wildman–Crippen MR) is 135 cm³/mol. The Labute approximate surface area is 197 Å². The Morgan fingerprint density at radius 1 is 1.03 bits per heavy atom. The standard InChI is InChI=1S/C26H27N5OS/c1-17-7-8-19(15-18(17)2)24(32)29-22-6-4-3-5-21(22)25-30-23-10-9-20(28-26(23)33-25)16-31-13-11-27-12-14-31/h3-10,15,27H,11-14,16H2,1-2H3,(H,29,32). The number of nitrogens with one attached hydrogen (secondary N) is 2. The van der Waals surface area contributed by atoms with Gasteiger partial charge in [0.1, 0.15) is 15.4 Å². The number of nitrogens with zero attached hydrogens (tertiary/aromatic N) is 3. The third-order valence-corrected chi connectivity index (χ3v) is 7.08. The van der Waals surface area contributed by atoms with Crippen LogP contribution in [0.3, 0.4) is 0 Å². The molecule has 0 unspecified atom stereocenters. The van der Waals surface area contributed by atoms with Gasteiger partial charge in [-0.05, 0) is 61.4 Å². The van der Waals surface area contributed by atoms with Crippen LogP contribution in [0.5, 0.6) is 0 Å². The Hall–Kier alpha value is -3.13. The number of piperazine rings is 1. The van der Waals surface area contributed by atoms with Crippen molar-refractivity contribution in [1.82, 2.24) is 20.2 Å². The summed E-state index contributed by atoms with van der Waals surface area (Å²) in [6, 6.07) is 17.7. The van der Waals surface area contributed by atoms with Gasteiger partial charge in [0.2, 0.25) is 0 Å². The molecule has 1 amide bonds. The number of aryl methyl sites for hydroxylation is 2. The number of rotatable bonds is 5. The molecule has 0 saturated carbocycles. The number of fused-ring (bicyclic) bond motifs is 1. The van der Waals surface area contributed by atoms with E-state index in [1.54, 1.807) is 11.3 Å². The van der Waals surface area contributed by atoms with E-state index >= 15 is 0 Å². The van der Waals surface area contributed by atoms with Gasteiger partial charge in [-0.15, -0.1) is 0 Å². The molecular weight excluding hydrogens is 430 g/mol. The van der Waals surface area contributed by atoms with Gasteiger partial charge in [0, 0.05) is 43.9 Å². The van der Waals surface area contributed by atoms with Gasteiger partial charge in [0.05, 0.1) is 11.4 Å². The summed E-state index contributed by atoms with van der Waals surface area (Å²) in [5.74, 6) is -0.122. The molecular formula is C26H27N5OS. The Balaban J connectivity index is 1.40. The van der Waals surface area contributed by atoms with Crippen LogP contribution in [0.4, 0.5) is 5.69 Å². The molecule has 1 fully saturated rings. The fourth-order valence-corrected chi connectivity index (χ4v) is 5.01. The molecule has 0 spiro atoms. The molecule has 2 aromatic carbocycles. The van der Waals surface area contributed by atoms with Gasteiger partial charge >= 0.3 is 0 Å². The van der Waals surface area contributed by atoms with Gasteiger partial charge in [0.25, 0.3) is 5.91 Å². The fraction of sp³-hybridized carbons (Fsp3) is 0.269. The molecule has 6 nitrogen and oxygen atoms in total. The number of carbonyl (C=O) groups excluding carboxylic acids is 1. The van der Waals surface area contributed by atoms with Crippen molar-refractivity contribution < 1.29 is 4.79 Å². The normalized spacial score (nSPS) is 14.5. The lowest BCUT2D eigenvalue weighted by molar-refractivity contribution is 0.102. The van der Waals surface area contributed by atoms with Crippen LogP contribution in [0.1, 0.15) is 27.2 Å². The van der Waals surface area contributed by atoms with Crippen molar-refractivity contribution in [2.45, 2.75) is 20.4 Å². The van der Waals surface area contributed by atoms with Crippen LogP contribution in [-0.2, 0) is 6.54 Å². The van der Waals surface area contributed by atoms with Gasteiger partial charge in [0.15, 0.2) is 0 Å². The van der Waals surface area contributed by atoms with E-state index in [1.807, 2.05) is 56.3 Å². The highest BCUT2D eigenvalue weighted by Crippen LogP contribution is 2.34. The van der Waals surface area contributed by atoms with Gasteiger partial charge in [-0.1, -0.05) is 29.5 Å². The average molecular weight is 458 g/mol. The molecule has 7 heteroatoms. The first kappa shape index (κ1) is 21.7. The Bertz CT molecular complexity index is 1310. The maximum Gasteiger partial charge on any atom is 0.255 e. The first-order chi connectivity index (χ1) is 16.1. The number of para-hydroxylation sites is 1. The second-order valence-corrected chi connectivity index (χ2v) is 9.45. The first-order valence-corrected chi connectivity index (χ1v) is 12.1. The SMILES string of the molecule is Cc1ccc(C(=O)Nc2ccccc2-c2nc3ccc(CN4CCNCC4)nc3s2)cc1C. The molecule has 0 aliphatic carbocycles. The fourth-order valence-electron chi connectivity index (χ4n) is 4.01. The number of amides is 1. The van der Waals surface area contributed by atoms with Gasteiger partial charge in [-0.2, -0.15) is 0 Å². The monoisotopic (exact) mass is 457 g/mol. The molecule has 168 valence electrons. The molecule has 33 heavy (non-hydrogen) atoms. The number of carbonyl (C=O) groups is 1. The highest BCUT2D eigenvalue weighted by atomic mass is 32.1. The van der Waals surface area contributed by atoms with E-state index in [0.29, 0.717) is 5.56 Å². The van der Waals surface area contributed by atoms with Gasteiger partial charge < -0.3 is 10.6 Å². The zero-order valence-electron chi connectivity index (χ0n) is 18.9. The number of benzene rings is 2. The number of hydrogen-bond donors (Lipinski definition) is 2. The summed E-state index contributed by atoms with van der Waals surface area (Å²) in [6.45, 7) is 9.05. The van der Waals surface area contributed by atoms with E-state index in [-0.39, 0.29) is 5.91 Å². The Morgan fingerprint density at radius 3 is 2.67 bits per heavy atom. The quantitative estimate of drug-likeness (QED) is 0.457. The van der Waals surface area contributed by atoms with Crippen molar-refractivity contribution in [1.29, 1.82) is 0 Å². The second-order valence-electron chi connectivity index (χ2n) is 8.47. The highest BCUT2D eigenvalue weighted by molar-refractivity contribution is 7.21. The summed E-state index contributed by atoms with van der Waals surface area (Å²) in [5, 5.41) is 7.32. The number of aromatic nitrogens is 2.